The fraction of sp³-hybridized carbons (Fsp3) is 0.267. The Kier molecular flexibility index (Phi) is 14.7. The van der Waals surface area contributed by atoms with Gasteiger partial charge < -0.3 is 42.1 Å². The van der Waals surface area contributed by atoms with Gasteiger partial charge in [-0.25, -0.2) is 9.97 Å². The number of rotatable bonds is 16. The van der Waals surface area contributed by atoms with E-state index >= 15 is 0 Å². The van der Waals surface area contributed by atoms with Crippen molar-refractivity contribution in [3.05, 3.63) is 82.4 Å². The summed E-state index contributed by atoms with van der Waals surface area (Å²) in [5.41, 5.74) is 0.757. The van der Waals surface area contributed by atoms with Crippen LogP contribution >= 0.6 is 23.2 Å². The topological polar surface area (TPSA) is 241 Å². The first kappa shape index (κ1) is 37.3. The maximum Gasteiger partial charge on any atom is 0.270 e. The molecule has 0 unspecified atom stereocenters. The second kappa shape index (κ2) is 18.9. The van der Waals surface area contributed by atoms with Crippen molar-refractivity contribution in [1.82, 2.24) is 31.2 Å². The molecule has 2 atom stereocenters. The molecule has 0 saturated carbocycles. The smallest absolute Gasteiger partial charge is 0.270 e. The number of halogens is 2. The van der Waals surface area contributed by atoms with Crippen molar-refractivity contribution in [3.63, 3.8) is 0 Å². The molecule has 0 bridgehead atoms. The third kappa shape index (κ3) is 12.2. The zero-order valence-corrected chi connectivity index (χ0v) is 26.7. The molecule has 0 aliphatic heterocycles. The maximum atomic E-state index is 12.4. The summed E-state index contributed by atoms with van der Waals surface area (Å²) in [5, 5.41) is 34.1. The van der Waals surface area contributed by atoms with Crippen molar-refractivity contribution in [3.8, 4) is 0 Å². The van der Waals surface area contributed by atoms with Crippen LogP contribution in [-0.4, -0.2) is 94.0 Å². The van der Waals surface area contributed by atoms with Crippen LogP contribution in [0.25, 0.3) is 0 Å². The van der Waals surface area contributed by atoms with Crippen molar-refractivity contribution < 1.29 is 39.0 Å². The quantitative estimate of drug-likeness (QED) is 0.0947. The third-order valence-electron chi connectivity index (χ3n) is 6.26. The van der Waals surface area contributed by atoms with Gasteiger partial charge >= 0.3 is 0 Å². The number of anilines is 2. The molecule has 18 heteroatoms. The minimum atomic E-state index is -1.27. The van der Waals surface area contributed by atoms with E-state index in [1.807, 2.05) is 0 Å². The Morgan fingerprint density at radius 1 is 0.604 bits per heavy atom. The number of hydrogen-bond donors (Lipinski definition) is 8. The van der Waals surface area contributed by atoms with E-state index in [-0.39, 0.29) is 47.6 Å². The molecule has 3 rings (SSSR count). The largest absolute Gasteiger partial charge is 0.394 e. The summed E-state index contributed by atoms with van der Waals surface area (Å²) in [7, 11) is 0. The first-order chi connectivity index (χ1) is 23.0. The number of amides is 6. The molecule has 0 aliphatic rings. The van der Waals surface area contributed by atoms with Crippen LogP contribution < -0.4 is 31.9 Å². The fourth-order valence-corrected chi connectivity index (χ4v) is 4.18. The van der Waals surface area contributed by atoms with Gasteiger partial charge in [0, 0.05) is 37.3 Å². The van der Waals surface area contributed by atoms with Crippen LogP contribution in [-0.2, 0) is 19.2 Å². The van der Waals surface area contributed by atoms with Crippen molar-refractivity contribution in [2.75, 3.05) is 36.9 Å². The van der Waals surface area contributed by atoms with Gasteiger partial charge in [-0.1, -0.05) is 35.3 Å². The van der Waals surface area contributed by atoms with Crippen LogP contribution in [0.1, 0.15) is 33.8 Å². The zero-order valence-electron chi connectivity index (χ0n) is 25.2. The van der Waals surface area contributed by atoms with Gasteiger partial charge in [0.05, 0.1) is 13.2 Å². The highest BCUT2D eigenvalue weighted by Crippen LogP contribution is 2.14. The van der Waals surface area contributed by atoms with Crippen molar-refractivity contribution in [2.24, 2.45) is 0 Å². The summed E-state index contributed by atoms with van der Waals surface area (Å²) >= 11 is 11.5. The van der Waals surface area contributed by atoms with Gasteiger partial charge in [-0.3, -0.25) is 28.8 Å². The molecule has 16 nitrogen and oxygen atoms in total. The molecular weight excluding hydrogens is 671 g/mol. The molecule has 254 valence electrons. The van der Waals surface area contributed by atoms with E-state index in [1.165, 1.54) is 36.4 Å². The number of nitrogens with zero attached hydrogens (tertiary/aromatic N) is 2. The molecular formula is C30H32Cl2N8O8. The van der Waals surface area contributed by atoms with Gasteiger partial charge in [0.15, 0.2) is 0 Å². The summed E-state index contributed by atoms with van der Waals surface area (Å²) in [6, 6.07) is 12.4. The molecule has 3 aromatic rings. The Morgan fingerprint density at radius 2 is 0.979 bits per heavy atom. The summed E-state index contributed by atoms with van der Waals surface area (Å²) < 4.78 is 0. The van der Waals surface area contributed by atoms with Crippen molar-refractivity contribution >= 4 is 70.0 Å². The number of aliphatic hydroxyl groups excluding tert-OH is 2. The summed E-state index contributed by atoms with van der Waals surface area (Å²) in [4.78, 5) is 81.6. The minimum absolute atomic E-state index is 0.0347. The second-order valence-corrected chi connectivity index (χ2v) is 10.6. The van der Waals surface area contributed by atoms with Crippen molar-refractivity contribution in [1.29, 1.82) is 0 Å². The molecule has 0 fully saturated rings. The summed E-state index contributed by atoms with van der Waals surface area (Å²) in [6.07, 6.45) is -0.230. The predicted molar refractivity (Wildman–Crippen MR) is 174 cm³/mol. The third-order valence-corrected chi connectivity index (χ3v) is 6.68. The van der Waals surface area contributed by atoms with E-state index in [2.05, 4.69) is 41.9 Å². The lowest BCUT2D eigenvalue weighted by Gasteiger charge is -2.16. The highest BCUT2D eigenvalue weighted by molar-refractivity contribution is 6.29. The van der Waals surface area contributed by atoms with E-state index in [0.717, 1.165) is 0 Å². The molecule has 6 amide bonds. The lowest BCUT2D eigenvalue weighted by molar-refractivity contribution is -0.125. The maximum absolute atomic E-state index is 12.4. The van der Waals surface area contributed by atoms with Gasteiger partial charge in [-0.05, 0) is 48.5 Å². The number of nitrogens with one attached hydrogen (secondary N) is 6. The average molecular weight is 704 g/mol. The van der Waals surface area contributed by atoms with Gasteiger partial charge in [0.25, 0.3) is 11.8 Å². The Morgan fingerprint density at radius 3 is 1.31 bits per heavy atom. The van der Waals surface area contributed by atoms with Crippen LogP contribution in [0, 0.1) is 0 Å². The monoisotopic (exact) mass is 702 g/mol. The van der Waals surface area contributed by atoms with Crippen LogP contribution in [0.5, 0.6) is 0 Å². The zero-order chi connectivity index (χ0) is 35.1. The standard InChI is InChI=1S/C30H32Cl2N8O8/c31-23-5-1-3-19(37-23)29(47)39-21(15-41)27(45)33-13-11-25(43)35-17-7-9-18(10-8-17)36-26(44)12-14-34-28(46)22(16-42)40-30(48)20-4-2-6-24(32)38-20/h1-10,21-22,41-42H,11-16H2,(H,33,45)(H,34,46)(H,35,43)(H,36,44)(H,39,47)(H,40,48)/t21-,22-/m0/s1. The molecule has 2 heterocycles. The fourth-order valence-electron chi connectivity index (χ4n) is 3.85. The predicted octanol–water partition coefficient (Wildman–Crippen LogP) is 0.255. The molecule has 48 heavy (non-hydrogen) atoms. The van der Waals surface area contributed by atoms with Crippen LogP contribution in [0.3, 0.4) is 0 Å². The van der Waals surface area contributed by atoms with E-state index in [9.17, 15) is 39.0 Å². The van der Waals surface area contributed by atoms with E-state index < -0.39 is 60.7 Å². The Hall–Kier alpha value is -5.16. The lowest BCUT2D eigenvalue weighted by atomic mass is 10.2. The average Bonchev–Trinajstić information content (AvgIpc) is 3.06. The minimum Gasteiger partial charge on any atom is -0.394 e. The highest BCUT2D eigenvalue weighted by atomic mass is 35.5. The molecule has 0 radical (unpaired) electrons. The Bertz CT molecular complexity index is 1510. The van der Waals surface area contributed by atoms with E-state index in [1.54, 1.807) is 24.3 Å². The second-order valence-electron chi connectivity index (χ2n) is 9.86. The van der Waals surface area contributed by atoms with Crippen LogP contribution in [0.4, 0.5) is 11.4 Å². The first-order valence-corrected chi connectivity index (χ1v) is 15.1. The van der Waals surface area contributed by atoms with Gasteiger partial charge in [0.1, 0.15) is 33.8 Å². The molecule has 0 aliphatic carbocycles. The van der Waals surface area contributed by atoms with Crippen LogP contribution in [0.2, 0.25) is 10.3 Å². The Balaban J connectivity index is 1.35. The van der Waals surface area contributed by atoms with Gasteiger partial charge in [-0.2, -0.15) is 0 Å². The molecule has 8 N–H and O–H groups in total. The number of benzene rings is 1. The highest BCUT2D eigenvalue weighted by Gasteiger charge is 2.22. The number of pyridine rings is 2. The normalized spacial score (nSPS) is 11.8. The number of aromatic nitrogens is 2. The number of carbonyl (C=O) groups is 6. The molecule has 1 aromatic carbocycles. The number of hydrogen-bond acceptors (Lipinski definition) is 10. The van der Waals surface area contributed by atoms with Gasteiger partial charge in [-0.15, -0.1) is 0 Å². The molecule has 0 spiro atoms. The molecule has 2 aromatic heterocycles. The Labute approximate surface area is 284 Å². The number of aliphatic hydroxyl groups is 2. The van der Waals surface area contributed by atoms with Gasteiger partial charge in [0.2, 0.25) is 23.6 Å². The summed E-state index contributed by atoms with van der Waals surface area (Å²) in [6.45, 7) is -1.53. The SMILES string of the molecule is O=C(CCNC(=O)[C@H](CO)NC(=O)c1cccc(Cl)n1)Nc1ccc(NC(=O)CCNC(=O)[C@H](CO)NC(=O)c2cccc(Cl)n2)cc1. The summed E-state index contributed by atoms with van der Waals surface area (Å²) in [5.74, 6) is -3.69. The van der Waals surface area contributed by atoms with Crippen molar-refractivity contribution in [2.45, 2.75) is 24.9 Å². The lowest BCUT2D eigenvalue weighted by Crippen LogP contribution is -2.49. The molecule has 0 saturated heterocycles. The number of carbonyl (C=O) groups excluding carboxylic acids is 6. The first-order valence-electron chi connectivity index (χ1n) is 14.3. The van der Waals surface area contributed by atoms with Crippen LogP contribution in [0.15, 0.2) is 60.7 Å². The van der Waals surface area contributed by atoms with E-state index in [4.69, 9.17) is 23.2 Å². The van der Waals surface area contributed by atoms with E-state index in [0.29, 0.717) is 11.4 Å².